The van der Waals surface area contributed by atoms with Gasteiger partial charge in [-0.2, -0.15) is 4.98 Å². The second-order valence-corrected chi connectivity index (χ2v) is 8.14. The Labute approximate surface area is 174 Å². The second-order valence-electron chi connectivity index (χ2n) is 8.14. The topological polar surface area (TPSA) is 76.1 Å². The van der Waals surface area contributed by atoms with E-state index in [4.69, 9.17) is 4.74 Å². The maximum Gasteiger partial charge on any atom is 0.229 e. The standard InChI is InChI=1S/C23H23FN4O2/c1-23(2)12-18-20(19(29)13-23)21(25-15-8-10-17(30-3)11-9-15)28-22(27-18)26-16-6-4-14(24)5-7-16/h4-11H,12-13H2,1-3H3,(H2,25,26,27,28). The van der Waals surface area contributed by atoms with Crippen molar-refractivity contribution in [2.45, 2.75) is 26.7 Å². The van der Waals surface area contributed by atoms with E-state index < -0.39 is 0 Å². The van der Waals surface area contributed by atoms with Crippen molar-refractivity contribution in [1.29, 1.82) is 0 Å². The summed E-state index contributed by atoms with van der Waals surface area (Å²) < 4.78 is 18.4. The van der Waals surface area contributed by atoms with Crippen molar-refractivity contribution >= 4 is 28.9 Å². The number of hydrogen-bond acceptors (Lipinski definition) is 6. The van der Waals surface area contributed by atoms with Crippen LogP contribution >= 0.6 is 0 Å². The Balaban J connectivity index is 1.74. The molecule has 0 atom stereocenters. The summed E-state index contributed by atoms with van der Waals surface area (Å²) >= 11 is 0. The molecule has 154 valence electrons. The number of ether oxygens (including phenoxy) is 1. The smallest absolute Gasteiger partial charge is 0.229 e. The van der Waals surface area contributed by atoms with E-state index in [2.05, 4.69) is 34.4 Å². The van der Waals surface area contributed by atoms with Gasteiger partial charge >= 0.3 is 0 Å². The molecule has 30 heavy (non-hydrogen) atoms. The first-order valence-electron chi connectivity index (χ1n) is 9.71. The summed E-state index contributed by atoms with van der Waals surface area (Å²) in [4.78, 5) is 22.1. The molecular weight excluding hydrogens is 383 g/mol. The van der Waals surface area contributed by atoms with Crippen LogP contribution in [0.3, 0.4) is 0 Å². The monoisotopic (exact) mass is 406 g/mol. The fourth-order valence-electron chi connectivity index (χ4n) is 3.59. The van der Waals surface area contributed by atoms with Gasteiger partial charge in [-0.25, -0.2) is 9.37 Å². The second kappa shape index (κ2) is 7.74. The van der Waals surface area contributed by atoms with E-state index in [-0.39, 0.29) is 17.0 Å². The lowest BCUT2D eigenvalue weighted by Gasteiger charge is -2.30. The Kier molecular flexibility index (Phi) is 5.11. The molecule has 6 nitrogen and oxygen atoms in total. The van der Waals surface area contributed by atoms with Crippen LogP contribution in [0.5, 0.6) is 5.75 Å². The molecule has 0 fully saturated rings. The first-order chi connectivity index (χ1) is 14.3. The van der Waals surface area contributed by atoms with Gasteiger partial charge < -0.3 is 15.4 Å². The van der Waals surface area contributed by atoms with Crippen molar-refractivity contribution in [2.75, 3.05) is 17.7 Å². The minimum absolute atomic E-state index is 0.0191. The van der Waals surface area contributed by atoms with Gasteiger partial charge in [0.25, 0.3) is 0 Å². The fourth-order valence-corrected chi connectivity index (χ4v) is 3.59. The summed E-state index contributed by atoms with van der Waals surface area (Å²) in [5.41, 5.74) is 2.49. The maximum atomic E-state index is 13.2. The summed E-state index contributed by atoms with van der Waals surface area (Å²) in [5, 5.41) is 6.36. The molecule has 4 rings (SSSR count). The number of benzene rings is 2. The third kappa shape index (κ3) is 4.25. The number of rotatable bonds is 5. The highest BCUT2D eigenvalue weighted by molar-refractivity contribution is 6.03. The van der Waals surface area contributed by atoms with Gasteiger partial charge in [0.15, 0.2) is 5.78 Å². The number of aromatic nitrogens is 2. The van der Waals surface area contributed by atoms with Crippen LogP contribution in [-0.2, 0) is 6.42 Å². The minimum atomic E-state index is -0.318. The number of carbonyl (C=O) groups excluding carboxylic acids is 1. The molecule has 0 saturated carbocycles. The molecule has 0 bridgehead atoms. The van der Waals surface area contributed by atoms with Crippen LogP contribution in [0.2, 0.25) is 0 Å². The van der Waals surface area contributed by atoms with Crippen LogP contribution in [0.25, 0.3) is 0 Å². The van der Waals surface area contributed by atoms with Gasteiger partial charge in [0.05, 0.1) is 18.4 Å². The number of nitrogens with zero attached hydrogens (tertiary/aromatic N) is 2. The van der Waals surface area contributed by atoms with Crippen LogP contribution in [-0.4, -0.2) is 22.9 Å². The Morgan fingerprint density at radius 3 is 2.23 bits per heavy atom. The predicted octanol–water partition coefficient (Wildman–Crippen LogP) is 5.27. The van der Waals surface area contributed by atoms with Crippen LogP contribution in [0.4, 0.5) is 27.5 Å². The normalized spacial score (nSPS) is 14.7. The molecule has 3 aromatic rings. The predicted molar refractivity (Wildman–Crippen MR) is 114 cm³/mol. The number of fused-ring (bicyclic) bond motifs is 1. The average Bonchev–Trinajstić information content (AvgIpc) is 2.69. The number of halogens is 1. The lowest BCUT2D eigenvalue weighted by atomic mass is 9.75. The molecule has 0 amide bonds. The molecule has 1 aliphatic carbocycles. The number of nitrogens with one attached hydrogen (secondary N) is 2. The van der Waals surface area contributed by atoms with Crippen molar-refractivity contribution in [3.8, 4) is 5.75 Å². The van der Waals surface area contributed by atoms with Gasteiger partial charge in [0.1, 0.15) is 17.4 Å². The van der Waals surface area contributed by atoms with Crippen molar-refractivity contribution in [2.24, 2.45) is 5.41 Å². The molecule has 2 N–H and O–H groups in total. The van der Waals surface area contributed by atoms with Crippen LogP contribution in [0.1, 0.15) is 36.3 Å². The molecule has 1 aromatic heterocycles. The fraction of sp³-hybridized carbons (Fsp3) is 0.261. The summed E-state index contributed by atoms with van der Waals surface area (Å²) in [6.07, 6.45) is 1.09. The molecule has 7 heteroatoms. The number of Topliss-reactive ketones (excluding diaryl/α,β-unsaturated/α-hetero) is 1. The number of anilines is 4. The number of carbonyl (C=O) groups is 1. The molecule has 0 aliphatic heterocycles. The third-order valence-electron chi connectivity index (χ3n) is 5.00. The molecule has 0 saturated heterocycles. The first kappa shape index (κ1) is 19.8. The lowest BCUT2D eigenvalue weighted by Crippen LogP contribution is -2.29. The zero-order valence-corrected chi connectivity index (χ0v) is 17.1. The zero-order valence-electron chi connectivity index (χ0n) is 17.1. The van der Waals surface area contributed by atoms with Crippen molar-refractivity contribution < 1.29 is 13.9 Å². The summed E-state index contributed by atoms with van der Waals surface area (Å²) in [5.74, 6) is 1.24. The van der Waals surface area contributed by atoms with E-state index in [0.29, 0.717) is 41.6 Å². The largest absolute Gasteiger partial charge is 0.497 e. The summed E-state index contributed by atoms with van der Waals surface area (Å²) in [6, 6.07) is 13.3. The summed E-state index contributed by atoms with van der Waals surface area (Å²) in [6.45, 7) is 4.11. The lowest BCUT2D eigenvalue weighted by molar-refractivity contribution is 0.0911. The first-order valence-corrected chi connectivity index (χ1v) is 9.71. The van der Waals surface area contributed by atoms with E-state index in [9.17, 15) is 9.18 Å². The number of ketones is 1. The Bertz CT molecular complexity index is 1080. The van der Waals surface area contributed by atoms with Crippen LogP contribution < -0.4 is 15.4 Å². The minimum Gasteiger partial charge on any atom is -0.497 e. The van der Waals surface area contributed by atoms with Crippen molar-refractivity contribution in [1.82, 2.24) is 9.97 Å². The number of hydrogen-bond donors (Lipinski definition) is 2. The third-order valence-corrected chi connectivity index (χ3v) is 5.00. The highest BCUT2D eigenvalue weighted by Crippen LogP contribution is 2.38. The SMILES string of the molecule is COc1ccc(Nc2nc(Nc3ccc(F)cc3)nc3c2C(=O)CC(C)(C)C3)cc1. The van der Waals surface area contributed by atoms with Gasteiger partial charge in [-0.3, -0.25) is 4.79 Å². The maximum absolute atomic E-state index is 13.2. The van der Waals surface area contributed by atoms with Gasteiger partial charge in [-0.05, 0) is 60.4 Å². The van der Waals surface area contributed by atoms with Crippen LogP contribution in [0, 0.1) is 11.2 Å². The molecule has 0 radical (unpaired) electrons. The Morgan fingerprint density at radius 2 is 1.57 bits per heavy atom. The van der Waals surface area contributed by atoms with E-state index >= 15 is 0 Å². The van der Waals surface area contributed by atoms with E-state index in [1.54, 1.807) is 19.2 Å². The van der Waals surface area contributed by atoms with Crippen LogP contribution in [0.15, 0.2) is 48.5 Å². The highest BCUT2D eigenvalue weighted by Gasteiger charge is 2.35. The zero-order chi connectivity index (χ0) is 21.3. The quantitative estimate of drug-likeness (QED) is 0.601. The Morgan fingerprint density at radius 1 is 0.933 bits per heavy atom. The van der Waals surface area contributed by atoms with E-state index in [0.717, 1.165) is 11.4 Å². The average molecular weight is 406 g/mol. The molecule has 1 heterocycles. The van der Waals surface area contributed by atoms with Crippen molar-refractivity contribution in [3.05, 3.63) is 65.6 Å². The molecule has 0 unspecified atom stereocenters. The van der Waals surface area contributed by atoms with Gasteiger partial charge in [-0.1, -0.05) is 13.8 Å². The molecule has 2 aromatic carbocycles. The Hall–Kier alpha value is -3.48. The number of methoxy groups -OCH3 is 1. The van der Waals surface area contributed by atoms with E-state index in [1.807, 2.05) is 24.3 Å². The van der Waals surface area contributed by atoms with E-state index in [1.165, 1.54) is 12.1 Å². The summed E-state index contributed by atoms with van der Waals surface area (Å²) in [7, 11) is 1.61. The molecule has 0 spiro atoms. The molecular formula is C23H23FN4O2. The van der Waals surface area contributed by atoms with Gasteiger partial charge in [-0.15, -0.1) is 0 Å². The molecule has 1 aliphatic rings. The van der Waals surface area contributed by atoms with Crippen molar-refractivity contribution in [3.63, 3.8) is 0 Å². The van der Waals surface area contributed by atoms with Gasteiger partial charge in [0, 0.05) is 17.8 Å². The van der Waals surface area contributed by atoms with Gasteiger partial charge in [0.2, 0.25) is 5.95 Å². The highest BCUT2D eigenvalue weighted by atomic mass is 19.1.